The summed E-state index contributed by atoms with van der Waals surface area (Å²) in [6.45, 7) is 5.53. The lowest BCUT2D eigenvalue weighted by Crippen LogP contribution is -2.19. The number of aryl methyl sites for hydroxylation is 1. The van der Waals surface area contributed by atoms with Gasteiger partial charge in [-0.2, -0.15) is 13.2 Å². The molecule has 2 aromatic rings. The number of nitrogens with one attached hydrogen (secondary N) is 2. The first kappa shape index (κ1) is 19.6. The molecular weight excluding hydrogens is 365 g/mol. The first-order valence-corrected chi connectivity index (χ1v) is 7.93. The zero-order valence-corrected chi connectivity index (χ0v) is 14.6. The molecule has 2 N–H and O–H groups in total. The summed E-state index contributed by atoms with van der Waals surface area (Å²) in [6.07, 6.45) is 0.715. The molecule has 2 rings (SSSR count). The van der Waals surface area contributed by atoms with E-state index in [1.807, 2.05) is 19.1 Å². The van der Waals surface area contributed by atoms with Gasteiger partial charge in [0.15, 0.2) is 0 Å². The molecule has 0 bridgehead atoms. The Balaban J connectivity index is 2.11. The van der Waals surface area contributed by atoms with Gasteiger partial charge in [0.2, 0.25) is 0 Å². The minimum atomic E-state index is -4.55. The molecule has 0 unspecified atom stereocenters. The van der Waals surface area contributed by atoms with Gasteiger partial charge >= 0.3 is 12.2 Å². The molecule has 0 aromatic heterocycles. The van der Waals surface area contributed by atoms with Gasteiger partial charge in [0.25, 0.3) is 0 Å². The third-order valence-electron chi connectivity index (χ3n) is 3.48. The molecule has 0 heterocycles. The monoisotopic (exact) mass is 380 g/mol. The Bertz CT molecular complexity index is 860. The van der Waals surface area contributed by atoms with E-state index in [0.29, 0.717) is 5.69 Å². The van der Waals surface area contributed by atoms with Crippen LogP contribution in [0.15, 0.2) is 55.1 Å². The summed E-state index contributed by atoms with van der Waals surface area (Å²) in [4.78, 5) is 12.1. The predicted octanol–water partition coefficient (Wildman–Crippen LogP) is 6.51. The number of urea groups is 1. The van der Waals surface area contributed by atoms with Gasteiger partial charge in [-0.1, -0.05) is 42.5 Å². The first-order chi connectivity index (χ1) is 12.2. The largest absolute Gasteiger partial charge is 0.417 e. The number of rotatable bonds is 4. The van der Waals surface area contributed by atoms with Crippen LogP contribution in [-0.4, -0.2) is 6.03 Å². The molecular formula is C19H16ClF3N2O. The van der Waals surface area contributed by atoms with Crippen LogP contribution in [0.5, 0.6) is 0 Å². The lowest BCUT2D eigenvalue weighted by atomic mass is 10.1. The van der Waals surface area contributed by atoms with Crippen LogP contribution in [0.3, 0.4) is 0 Å². The van der Waals surface area contributed by atoms with Crippen LogP contribution < -0.4 is 10.6 Å². The molecule has 136 valence electrons. The van der Waals surface area contributed by atoms with E-state index in [1.165, 1.54) is 0 Å². The molecule has 0 spiro atoms. The normalized spacial score (nSPS) is 11.4. The zero-order chi connectivity index (χ0) is 19.3. The Morgan fingerprint density at radius 2 is 1.73 bits per heavy atom. The number of benzene rings is 2. The Kier molecular flexibility index (Phi) is 6.10. The van der Waals surface area contributed by atoms with Crippen LogP contribution in [0.25, 0.3) is 6.08 Å². The van der Waals surface area contributed by atoms with E-state index in [0.717, 1.165) is 29.3 Å². The maximum atomic E-state index is 12.7. The molecule has 2 amide bonds. The van der Waals surface area contributed by atoms with Crippen molar-refractivity contribution in [3.05, 3.63) is 76.8 Å². The molecule has 26 heavy (non-hydrogen) atoms. The van der Waals surface area contributed by atoms with Crippen molar-refractivity contribution in [1.82, 2.24) is 0 Å². The van der Waals surface area contributed by atoms with Gasteiger partial charge in [0.1, 0.15) is 0 Å². The van der Waals surface area contributed by atoms with Crippen molar-refractivity contribution >= 4 is 35.1 Å². The maximum Gasteiger partial charge on any atom is 0.417 e. The number of halogens is 4. The SMILES string of the molecule is C=C/C=C\c1cc(NC(=O)Nc2ccc(C(F)(F)F)c(Cl)c2)ccc1C. The highest BCUT2D eigenvalue weighted by Crippen LogP contribution is 2.35. The van der Waals surface area contributed by atoms with Crippen molar-refractivity contribution in [3.63, 3.8) is 0 Å². The lowest BCUT2D eigenvalue weighted by Gasteiger charge is -2.12. The molecule has 0 aliphatic heterocycles. The van der Waals surface area contributed by atoms with Crippen molar-refractivity contribution in [2.75, 3.05) is 10.6 Å². The number of carbonyl (C=O) groups excluding carboxylic acids is 1. The smallest absolute Gasteiger partial charge is 0.308 e. The maximum absolute atomic E-state index is 12.7. The number of anilines is 2. The van der Waals surface area contributed by atoms with E-state index in [2.05, 4.69) is 17.2 Å². The summed E-state index contributed by atoms with van der Waals surface area (Å²) in [5.74, 6) is 0. The number of carbonyl (C=O) groups is 1. The van der Waals surface area contributed by atoms with Crippen molar-refractivity contribution in [2.45, 2.75) is 13.1 Å². The number of amides is 2. The third-order valence-corrected chi connectivity index (χ3v) is 3.79. The van der Waals surface area contributed by atoms with Crippen molar-refractivity contribution in [1.29, 1.82) is 0 Å². The minimum Gasteiger partial charge on any atom is -0.308 e. The molecule has 0 saturated carbocycles. The highest BCUT2D eigenvalue weighted by Gasteiger charge is 2.33. The second-order valence-corrected chi connectivity index (χ2v) is 5.84. The molecule has 7 heteroatoms. The molecule has 0 saturated heterocycles. The van der Waals surface area contributed by atoms with Crippen LogP contribution >= 0.6 is 11.6 Å². The van der Waals surface area contributed by atoms with Gasteiger partial charge in [-0.25, -0.2) is 4.79 Å². The number of hydrogen-bond donors (Lipinski definition) is 2. The van der Waals surface area contributed by atoms with Crippen LogP contribution in [0.1, 0.15) is 16.7 Å². The Labute approximate surface area is 154 Å². The summed E-state index contributed by atoms with van der Waals surface area (Å²) in [5.41, 5.74) is 1.65. The molecule has 0 atom stereocenters. The molecule has 0 aliphatic carbocycles. The molecule has 0 fully saturated rings. The highest BCUT2D eigenvalue weighted by molar-refractivity contribution is 6.31. The first-order valence-electron chi connectivity index (χ1n) is 7.55. The van der Waals surface area contributed by atoms with E-state index < -0.39 is 22.8 Å². The van der Waals surface area contributed by atoms with Gasteiger partial charge in [-0.15, -0.1) is 0 Å². The Hall–Kier alpha value is -2.73. The summed E-state index contributed by atoms with van der Waals surface area (Å²) in [5, 5.41) is 4.59. The van der Waals surface area contributed by atoms with E-state index >= 15 is 0 Å². The number of alkyl halides is 3. The lowest BCUT2D eigenvalue weighted by molar-refractivity contribution is -0.137. The fourth-order valence-corrected chi connectivity index (χ4v) is 2.47. The summed E-state index contributed by atoms with van der Waals surface area (Å²) >= 11 is 5.64. The van der Waals surface area contributed by atoms with E-state index in [4.69, 9.17) is 11.6 Å². The fourth-order valence-electron chi connectivity index (χ4n) is 2.19. The highest BCUT2D eigenvalue weighted by atomic mass is 35.5. The van der Waals surface area contributed by atoms with Crippen LogP contribution in [0.4, 0.5) is 29.3 Å². The van der Waals surface area contributed by atoms with E-state index in [-0.39, 0.29) is 5.69 Å². The molecule has 3 nitrogen and oxygen atoms in total. The summed E-state index contributed by atoms with van der Waals surface area (Å²) in [7, 11) is 0. The van der Waals surface area contributed by atoms with Crippen molar-refractivity contribution in [3.8, 4) is 0 Å². The second-order valence-electron chi connectivity index (χ2n) is 5.44. The zero-order valence-electron chi connectivity index (χ0n) is 13.8. The summed E-state index contributed by atoms with van der Waals surface area (Å²) < 4.78 is 38.1. The number of hydrogen-bond acceptors (Lipinski definition) is 1. The Morgan fingerprint density at radius 1 is 1.12 bits per heavy atom. The van der Waals surface area contributed by atoms with Crippen LogP contribution in [-0.2, 0) is 6.18 Å². The molecule has 0 radical (unpaired) electrons. The summed E-state index contributed by atoms with van der Waals surface area (Å²) in [6, 6.07) is 7.76. The van der Waals surface area contributed by atoms with Crippen molar-refractivity contribution < 1.29 is 18.0 Å². The van der Waals surface area contributed by atoms with Crippen molar-refractivity contribution in [2.24, 2.45) is 0 Å². The topological polar surface area (TPSA) is 41.1 Å². The number of allylic oxidation sites excluding steroid dienone is 2. The average Bonchev–Trinajstić information content (AvgIpc) is 2.54. The quantitative estimate of drug-likeness (QED) is 0.583. The van der Waals surface area contributed by atoms with Crippen LogP contribution in [0.2, 0.25) is 5.02 Å². The Morgan fingerprint density at radius 3 is 2.31 bits per heavy atom. The third kappa shape index (κ3) is 5.13. The second kappa shape index (κ2) is 8.10. The van der Waals surface area contributed by atoms with Gasteiger partial charge < -0.3 is 10.6 Å². The molecule has 0 aliphatic rings. The molecule has 2 aromatic carbocycles. The fraction of sp³-hybridized carbons (Fsp3) is 0.105. The average molecular weight is 381 g/mol. The van der Waals surface area contributed by atoms with E-state index in [9.17, 15) is 18.0 Å². The minimum absolute atomic E-state index is 0.152. The van der Waals surface area contributed by atoms with Gasteiger partial charge in [-0.3, -0.25) is 0 Å². The van der Waals surface area contributed by atoms with Gasteiger partial charge in [-0.05, 0) is 48.4 Å². The van der Waals surface area contributed by atoms with E-state index in [1.54, 1.807) is 24.3 Å². The van der Waals surface area contributed by atoms with Crippen LogP contribution in [0, 0.1) is 6.92 Å². The van der Waals surface area contributed by atoms with Gasteiger partial charge in [0.05, 0.1) is 10.6 Å². The predicted molar refractivity (Wildman–Crippen MR) is 99.5 cm³/mol. The standard InChI is InChI=1S/C19H16ClF3N2O/c1-3-4-5-13-10-14(7-6-12(13)2)24-18(26)25-15-8-9-16(17(20)11-15)19(21,22)23/h3-11H,1H2,2H3,(H2,24,25,26)/b5-4-. The van der Waals surface area contributed by atoms with Gasteiger partial charge in [0, 0.05) is 11.4 Å².